The number of sulfone groups is 1. The van der Waals surface area contributed by atoms with Crippen molar-refractivity contribution in [3.05, 3.63) is 5.51 Å². The number of hydrogen-bond donors (Lipinski definition) is 3. The van der Waals surface area contributed by atoms with Crippen LogP contribution in [0.2, 0.25) is 0 Å². The van der Waals surface area contributed by atoms with Crippen molar-refractivity contribution in [2.24, 2.45) is 11.5 Å². The van der Waals surface area contributed by atoms with E-state index in [4.69, 9.17) is 11.5 Å². The van der Waals surface area contributed by atoms with Crippen molar-refractivity contribution in [1.29, 1.82) is 0 Å². The Morgan fingerprint density at radius 1 is 1.41 bits per heavy atom. The second-order valence-corrected chi connectivity index (χ2v) is 5.34. The average Bonchev–Trinajstić information content (AvgIpc) is 2.75. The van der Waals surface area contributed by atoms with Crippen LogP contribution >= 0.6 is 24.0 Å². The number of nitrogens with zero attached hydrogens (tertiary/aromatic N) is 2. The van der Waals surface area contributed by atoms with Crippen LogP contribution in [0, 0.1) is 0 Å². The predicted octanol–water partition coefficient (Wildman–Crippen LogP) is -1.04. The molecule has 1 aromatic heterocycles. The summed E-state index contributed by atoms with van der Waals surface area (Å²) in [4.78, 5) is 0. The Labute approximate surface area is 111 Å². The molecule has 0 saturated carbocycles. The van der Waals surface area contributed by atoms with Crippen molar-refractivity contribution in [3.63, 3.8) is 0 Å². The molecule has 0 aliphatic heterocycles. The van der Waals surface area contributed by atoms with Crippen LogP contribution in [0.4, 0.5) is 0 Å². The fourth-order valence-corrected chi connectivity index (χ4v) is 2.44. The van der Waals surface area contributed by atoms with Gasteiger partial charge in [0.15, 0.2) is 0 Å². The number of rotatable bonds is 3. The van der Waals surface area contributed by atoms with Crippen LogP contribution in [-0.2, 0) is 9.84 Å². The topological polar surface area (TPSA) is 143 Å². The molecule has 6 N–H and O–H groups in total. The highest BCUT2D eigenvalue weighted by molar-refractivity contribution is 7.93. The molecule has 104 valence electrons. The van der Waals surface area contributed by atoms with Gasteiger partial charge >= 0.3 is 0 Å². The highest BCUT2D eigenvalue weighted by atomic mass is 32.2. The summed E-state index contributed by atoms with van der Waals surface area (Å²) in [7, 11) is -3.25. The Kier molecular flexibility index (Phi) is 17.8. The van der Waals surface area contributed by atoms with E-state index in [9.17, 15) is 8.42 Å². The molecule has 0 unspecified atom stereocenters. The summed E-state index contributed by atoms with van der Waals surface area (Å²) in [5.74, 6) is -0.0673. The summed E-state index contributed by atoms with van der Waals surface area (Å²) in [5.41, 5.74) is 11.3. The zero-order chi connectivity index (χ0) is 13.0. The first-order valence-electron chi connectivity index (χ1n) is 4.42. The first-order chi connectivity index (χ1) is 7.58. The molecule has 0 aliphatic carbocycles. The van der Waals surface area contributed by atoms with Crippen LogP contribution in [0.1, 0.15) is 6.92 Å². The maximum atomic E-state index is 11.1. The lowest BCUT2D eigenvalue weighted by Gasteiger charge is -1.93. The van der Waals surface area contributed by atoms with E-state index in [-0.39, 0.29) is 22.1 Å². The fraction of sp³-hybridized carbons (Fsp3) is 0.714. The largest absolute Gasteiger partial charge is 0.412 e. The minimum absolute atomic E-state index is 0. The highest BCUT2D eigenvalue weighted by Crippen LogP contribution is 2.10. The lowest BCUT2D eigenvalue weighted by atomic mass is 10.8. The minimum atomic E-state index is -3.25. The van der Waals surface area contributed by atoms with Gasteiger partial charge in [-0.3, -0.25) is 0 Å². The van der Waals surface area contributed by atoms with E-state index >= 15 is 0 Å². The van der Waals surface area contributed by atoms with E-state index in [0.717, 1.165) is 17.9 Å². The molecule has 7 nitrogen and oxygen atoms in total. The van der Waals surface area contributed by atoms with Crippen LogP contribution in [0.3, 0.4) is 0 Å². The summed E-state index contributed by atoms with van der Waals surface area (Å²) in [5, 5.41) is 6.85. The molecule has 0 bridgehead atoms. The van der Waals surface area contributed by atoms with E-state index in [1.165, 1.54) is 5.51 Å². The Bertz CT molecular complexity index is 328. The third kappa shape index (κ3) is 10.6. The van der Waals surface area contributed by atoms with Gasteiger partial charge in [0, 0.05) is 6.54 Å². The second kappa shape index (κ2) is 13.8. The van der Waals surface area contributed by atoms with E-state index in [2.05, 4.69) is 22.8 Å². The molecule has 0 aliphatic rings. The summed E-state index contributed by atoms with van der Waals surface area (Å²) in [6.45, 7) is 2.77. The molecule has 0 atom stereocenters. The van der Waals surface area contributed by atoms with Gasteiger partial charge in [0.25, 0.3) is 0 Å². The lowest BCUT2D eigenvalue weighted by Crippen LogP contribution is -2.15. The number of aromatic nitrogens is 2. The van der Waals surface area contributed by atoms with Gasteiger partial charge in [-0.25, -0.2) is 8.42 Å². The monoisotopic (exact) mass is 304 g/mol. The van der Waals surface area contributed by atoms with Crippen molar-refractivity contribution < 1.29 is 13.9 Å². The molecule has 0 aromatic carbocycles. The molecule has 1 heterocycles. The van der Waals surface area contributed by atoms with Crippen LogP contribution < -0.4 is 11.5 Å². The van der Waals surface area contributed by atoms with Gasteiger partial charge in [0.1, 0.15) is 5.51 Å². The van der Waals surface area contributed by atoms with E-state index in [1.54, 1.807) is 6.26 Å². The number of nitrogens with two attached hydrogens (primary N) is 2. The Hall–Kier alpha value is -0.260. The molecule has 0 amide bonds. The SMILES string of the molecule is CCN.CS.NCCS(=O)(=O)c1nncs1.O. The molecule has 1 rings (SSSR count). The quantitative estimate of drug-likeness (QED) is 0.608. The van der Waals surface area contributed by atoms with Gasteiger partial charge in [0.05, 0.1) is 5.75 Å². The summed E-state index contributed by atoms with van der Waals surface area (Å²) >= 11 is 4.53. The van der Waals surface area contributed by atoms with Gasteiger partial charge in [-0.15, -0.1) is 10.2 Å². The van der Waals surface area contributed by atoms with Crippen molar-refractivity contribution in [2.45, 2.75) is 11.3 Å². The van der Waals surface area contributed by atoms with Crippen LogP contribution in [0.25, 0.3) is 0 Å². The Balaban J connectivity index is -0.000000286. The number of thiol groups is 1. The fourth-order valence-electron chi connectivity index (χ4n) is 0.541. The van der Waals surface area contributed by atoms with Crippen LogP contribution in [0.5, 0.6) is 0 Å². The van der Waals surface area contributed by atoms with Gasteiger partial charge in [0.2, 0.25) is 14.2 Å². The maximum absolute atomic E-state index is 11.1. The Morgan fingerprint density at radius 2 is 1.88 bits per heavy atom. The van der Waals surface area contributed by atoms with Crippen molar-refractivity contribution in [3.8, 4) is 0 Å². The third-order valence-corrected chi connectivity index (χ3v) is 3.91. The average molecular weight is 304 g/mol. The van der Waals surface area contributed by atoms with Crippen molar-refractivity contribution >= 4 is 33.8 Å². The number of hydrogen-bond acceptors (Lipinski definition) is 8. The molecule has 0 fully saturated rings. The van der Waals surface area contributed by atoms with Gasteiger partial charge < -0.3 is 16.9 Å². The molecule has 0 saturated heterocycles. The molecule has 17 heavy (non-hydrogen) atoms. The Morgan fingerprint density at radius 3 is 2.18 bits per heavy atom. The summed E-state index contributed by atoms with van der Waals surface area (Å²) in [6.07, 6.45) is 1.69. The minimum Gasteiger partial charge on any atom is -0.412 e. The summed E-state index contributed by atoms with van der Waals surface area (Å²) in [6, 6.07) is 0. The zero-order valence-electron chi connectivity index (χ0n) is 9.83. The van der Waals surface area contributed by atoms with E-state index in [0.29, 0.717) is 0 Å². The first kappa shape index (κ1) is 22.0. The standard InChI is InChI=1S/C4H7N3O2S2.C2H7N.CH4S.H2O/c5-1-2-11(8,9)4-7-6-3-10-4;1-2-3;1-2;/h3H,1-2,5H2;2-3H2,1H3;2H,1H3;1H2. The van der Waals surface area contributed by atoms with E-state index < -0.39 is 9.84 Å². The molecule has 1 aromatic rings. The predicted molar refractivity (Wildman–Crippen MR) is 74.3 cm³/mol. The molecular formula is C7H20N4O3S3. The third-order valence-electron chi connectivity index (χ3n) is 0.993. The maximum Gasteiger partial charge on any atom is 0.232 e. The van der Waals surface area contributed by atoms with Gasteiger partial charge in [-0.2, -0.15) is 12.6 Å². The smallest absolute Gasteiger partial charge is 0.232 e. The van der Waals surface area contributed by atoms with E-state index in [1.807, 2.05) is 6.92 Å². The van der Waals surface area contributed by atoms with Gasteiger partial charge in [-0.1, -0.05) is 18.3 Å². The highest BCUT2D eigenvalue weighted by Gasteiger charge is 2.16. The molecule has 0 radical (unpaired) electrons. The zero-order valence-corrected chi connectivity index (χ0v) is 12.4. The normalized spacial score (nSPS) is 9.00. The first-order valence-corrected chi connectivity index (χ1v) is 7.84. The molecular weight excluding hydrogens is 284 g/mol. The lowest BCUT2D eigenvalue weighted by molar-refractivity contribution is 0.594. The van der Waals surface area contributed by atoms with Crippen LogP contribution in [0.15, 0.2) is 9.85 Å². The van der Waals surface area contributed by atoms with Crippen LogP contribution in [-0.4, -0.2) is 49.2 Å². The van der Waals surface area contributed by atoms with Crippen molar-refractivity contribution in [1.82, 2.24) is 10.2 Å². The second-order valence-electron chi connectivity index (χ2n) is 2.22. The summed E-state index contributed by atoms with van der Waals surface area (Å²) < 4.78 is 22.3. The molecule has 0 spiro atoms. The molecule has 10 heteroatoms. The van der Waals surface area contributed by atoms with Crippen molar-refractivity contribution in [2.75, 3.05) is 25.1 Å². The van der Waals surface area contributed by atoms with Gasteiger partial charge in [-0.05, 0) is 12.8 Å².